The van der Waals surface area contributed by atoms with Crippen LogP contribution < -0.4 is 5.73 Å². The number of nitrogens with two attached hydrogens (primary N) is 1. The number of aromatic nitrogens is 4. The minimum Gasteiger partial charge on any atom is -0.478 e. The third kappa shape index (κ3) is 4.40. The van der Waals surface area contributed by atoms with Gasteiger partial charge in [-0.3, -0.25) is 0 Å². The summed E-state index contributed by atoms with van der Waals surface area (Å²) in [7, 11) is 1.50. The number of nitrogens with zero attached hydrogens (tertiary/aromatic N) is 4. The first kappa shape index (κ1) is 17.6. The molecule has 8 heteroatoms. The molecule has 0 unspecified atom stereocenters. The van der Waals surface area contributed by atoms with Crippen LogP contribution in [0.25, 0.3) is 5.69 Å². The lowest BCUT2D eigenvalue weighted by atomic mass is 10.1. The Morgan fingerprint density at radius 1 is 1.12 bits per heavy atom. The van der Waals surface area contributed by atoms with Gasteiger partial charge < -0.3 is 10.8 Å². The monoisotopic (exact) mass is 343 g/mol. The van der Waals surface area contributed by atoms with E-state index < -0.39 is 5.97 Å². The van der Waals surface area contributed by atoms with Crippen LogP contribution in [-0.2, 0) is 5.75 Å². The molecule has 0 spiro atoms. The van der Waals surface area contributed by atoms with Gasteiger partial charge in [0.1, 0.15) is 0 Å². The van der Waals surface area contributed by atoms with Crippen LogP contribution in [0.3, 0.4) is 0 Å². The highest BCUT2D eigenvalue weighted by Crippen LogP contribution is 2.22. The fraction of sp³-hybridized carbons (Fsp3) is 0.125. The van der Waals surface area contributed by atoms with Crippen LogP contribution in [0.4, 0.5) is 0 Å². The number of thioether (sulfide) groups is 1. The van der Waals surface area contributed by atoms with Crippen LogP contribution in [0.15, 0.2) is 59.8 Å². The second kappa shape index (κ2) is 8.80. The molecule has 3 N–H and O–H groups in total. The molecule has 1 aromatic heterocycles. The summed E-state index contributed by atoms with van der Waals surface area (Å²) in [4.78, 5) is 10.8. The number of para-hydroxylation sites is 1. The molecule has 0 atom stereocenters. The summed E-state index contributed by atoms with van der Waals surface area (Å²) in [6.07, 6.45) is 0. The number of carboxylic acids is 1. The molecule has 0 saturated heterocycles. The van der Waals surface area contributed by atoms with Crippen LogP contribution in [0.2, 0.25) is 0 Å². The number of carbonyl (C=O) groups is 1. The summed E-state index contributed by atoms with van der Waals surface area (Å²) in [6.45, 7) is 0. The van der Waals surface area contributed by atoms with Crippen molar-refractivity contribution in [2.24, 2.45) is 5.73 Å². The van der Waals surface area contributed by atoms with Crippen molar-refractivity contribution < 1.29 is 9.90 Å². The molecule has 124 valence electrons. The molecule has 3 rings (SSSR count). The van der Waals surface area contributed by atoms with Crippen LogP contribution in [0.5, 0.6) is 0 Å². The highest BCUT2D eigenvalue weighted by Gasteiger charge is 2.09. The predicted molar refractivity (Wildman–Crippen MR) is 92.2 cm³/mol. The van der Waals surface area contributed by atoms with E-state index in [9.17, 15) is 4.79 Å². The minimum absolute atomic E-state index is 0.280. The molecular formula is C16H17N5O2S. The molecule has 1 heterocycles. The van der Waals surface area contributed by atoms with Crippen LogP contribution in [0.1, 0.15) is 15.9 Å². The van der Waals surface area contributed by atoms with Crippen LogP contribution in [0, 0.1) is 0 Å². The average molecular weight is 343 g/mol. The SMILES string of the molecule is CN.O=C(O)c1ccc(CSc2nnnn2-c2ccccc2)cc1. The second-order valence-electron chi connectivity index (χ2n) is 4.50. The summed E-state index contributed by atoms with van der Waals surface area (Å²) in [5.74, 6) is -0.264. The summed E-state index contributed by atoms with van der Waals surface area (Å²) in [5.41, 5.74) is 6.69. The van der Waals surface area contributed by atoms with Gasteiger partial charge in [-0.2, -0.15) is 4.68 Å². The number of hydrogen-bond donors (Lipinski definition) is 2. The molecule has 0 aliphatic rings. The fourth-order valence-electron chi connectivity index (χ4n) is 1.89. The van der Waals surface area contributed by atoms with Crippen LogP contribution >= 0.6 is 11.8 Å². The van der Waals surface area contributed by atoms with Gasteiger partial charge in [-0.25, -0.2) is 4.79 Å². The minimum atomic E-state index is -0.924. The lowest BCUT2D eigenvalue weighted by Crippen LogP contribution is -1.99. The van der Waals surface area contributed by atoms with Gasteiger partial charge in [-0.1, -0.05) is 42.1 Å². The molecule has 0 aliphatic heterocycles. The Kier molecular flexibility index (Phi) is 6.47. The van der Waals surface area contributed by atoms with E-state index >= 15 is 0 Å². The van der Waals surface area contributed by atoms with E-state index in [0.29, 0.717) is 10.9 Å². The maximum absolute atomic E-state index is 10.8. The zero-order valence-corrected chi connectivity index (χ0v) is 13.8. The Bertz CT molecular complexity index is 775. The van der Waals surface area contributed by atoms with Gasteiger partial charge in [-0.05, 0) is 47.3 Å². The van der Waals surface area contributed by atoms with E-state index in [0.717, 1.165) is 11.3 Å². The van der Waals surface area contributed by atoms with Gasteiger partial charge in [0.05, 0.1) is 11.3 Å². The van der Waals surface area contributed by atoms with Crippen molar-refractivity contribution in [2.75, 3.05) is 7.05 Å². The number of rotatable bonds is 5. The molecular weight excluding hydrogens is 326 g/mol. The molecule has 0 radical (unpaired) electrons. The number of carboxylic acid groups (broad SMARTS) is 1. The van der Waals surface area contributed by atoms with Crippen molar-refractivity contribution in [1.29, 1.82) is 0 Å². The van der Waals surface area contributed by atoms with E-state index in [4.69, 9.17) is 5.11 Å². The summed E-state index contributed by atoms with van der Waals surface area (Å²) in [6, 6.07) is 16.4. The van der Waals surface area contributed by atoms with Gasteiger partial charge >= 0.3 is 5.97 Å². The Morgan fingerprint density at radius 3 is 2.42 bits per heavy atom. The summed E-state index contributed by atoms with van der Waals surface area (Å²) in [5, 5.41) is 21.3. The molecule has 0 fully saturated rings. The highest BCUT2D eigenvalue weighted by atomic mass is 32.2. The first-order valence-electron chi connectivity index (χ1n) is 7.10. The molecule has 0 bridgehead atoms. The van der Waals surface area contributed by atoms with Crippen molar-refractivity contribution in [1.82, 2.24) is 20.2 Å². The van der Waals surface area contributed by atoms with Gasteiger partial charge in [-0.15, -0.1) is 5.10 Å². The van der Waals surface area contributed by atoms with E-state index in [1.165, 1.54) is 18.8 Å². The van der Waals surface area contributed by atoms with E-state index in [1.54, 1.807) is 28.9 Å². The fourth-order valence-corrected chi connectivity index (χ4v) is 2.74. The molecule has 3 aromatic rings. The van der Waals surface area contributed by atoms with E-state index in [1.807, 2.05) is 30.3 Å². The van der Waals surface area contributed by atoms with Crippen LogP contribution in [-0.4, -0.2) is 38.3 Å². The third-order valence-electron chi connectivity index (χ3n) is 3.01. The topological polar surface area (TPSA) is 107 Å². The lowest BCUT2D eigenvalue weighted by molar-refractivity contribution is 0.0697. The van der Waals surface area contributed by atoms with Gasteiger partial charge in [0.15, 0.2) is 0 Å². The Labute approximate surface area is 143 Å². The Hall–Kier alpha value is -2.71. The zero-order valence-electron chi connectivity index (χ0n) is 13.0. The third-order valence-corrected chi connectivity index (χ3v) is 4.00. The van der Waals surface area contributed by atoms with Gasteiger partial charge in [0, 0.05) is 5.75 Å². The molecule has 0 saturated carbocycles. The standard InChI is InChI=1S/C15H12N4O2S.CH5N/c20-14(21)12-8-6-11(7-9-12)10-22-15-16-17-18-19(15)13-4-2-1-3-5-13;1-2/h1-9H,10H2,(H,20,21);2H2,1H3. The maximum Gasteiger partial charge on any atom is 0.335 e. The zero-order chi connectivity index (χ0) is 17.4. The van der Waals surface area contributed by atoms with E-state index in [2.05, 4.69) is 21.3 Å². The highest BCUT2D eigenvalue weighted by molar-refractivity contribution is 7.98. The van der Waals surface area contributed by atoms with Gasteiger partial charge in [0.25, 0.3) is 0 Å². The Morgan fingerprint density at radius 2 is 1.79 bits per heavy atom. The van der Waals surface area contributed by atoms with Crippen molar-refractivity contribution >= 4 is 17.7 Å². The lowest BCUT2D eigenvalue weighted by Gasteiger charge is -2.04. The second-order valence-corrected chi connectivity index (χ2v) is 5.44. The van der Waals surface area contributed by atoms with Gasteiger partial charge in [0.2, 0.25) is 5.16 Å². The van der Waals surface area contributed by atoms with Crippen molar-refractivity contribution in [3.63, 3.8) is 0 Å². The molecule has 0 amide bonds. The number of tetrazole rings is 1. The largest absolute Gasteiger partial charge is 0.478 e. The first-order chi connectivity index (χ1) is 11.7. The average Bonchev–Trinajstić information content (AvgIpc) is 3.11. The van der Waals surface area contributed by atoms with Crippen molar-refractivity contribution in [2.45, 2.75) is 10.9 Å². The predicted octanol–water partition coefficient (Wildman–Crippen LogP) is 2.23. The van der Waals surface area contributed by atoms with E-state index in [-0.39, 0.29) is 5.56 Å². The normalized spacial score (nSPS) is 9.92. The number of benzene rings is 2. The molecule has 24 heavy (non-hydrogen) atoms. The first-order valence-corrected chi connectivity index (χ1v) is 8.09. The van der Waals surface area contributed by atoms with Crippen molar-refractivity contribution in [3.05, 3.63) is 65.7 Å². The Balaban J connectivity index is 0.00000100. The number of aromatic carboxylic acids is 1. The molecule has 0 aliphatic carbocycles. The van der Waals surface area contributed by atoms with Crippen molar-refractivity contribution in [3.8, 4) is 5.69 Å². The smallest absolute Gasteiger partial charge is 0.335 e. The molecule has 2 aromatic carbocycles. The maximum atomic E-state index is 10.8. The number of hydrogen-bond acceptors (Lipinski definition) is 6. The quantitative estimate of drug-likeness (QED) is 0.684. The summed E-state index contributed by atoms with van der Waals surface area (Å²) < 4.78 is 1.68. The summed E-state index contributed by atoms with van der Waals surface area (Å²) >= 11 is 1.50. The molecule has 7 nitrogen and oxygen atoms in total.